The van der Waals surface area contributed by atoms with E-state index in [4.69, 9.17) is 37.0 Å². The molecule has 3 unspecified atom stereocenters. The monoisotopic (exact) mass is 1470 g/mol. The van der Waals surface area contributed by atoms with Gasteiger partial charge in [-0.15, -0.1) is 0 Å². The number of ether oxygens (including phenoxy) is 4. The smallest absolute Gasteiger partial charge is 0.462 e. The Labute approximate surface area is 613 Å². The highest BCUT2D eigenvalue weighted by Crippen LogP contribution is 2.45. The molecule has 0 saturated carbocycles. The minimum absolute atomic E-state index is 0.106. The molecule has 17 nitrogen and oxygen atoms in total. The van der Waals surface area contributed by atoms with Crippen LogP contribution in [-0.4, -0.2) is 96.7 Å². The molecule has 0 aromatic heterocycles. The zero-order valence-corrected chi connectivity index (χ0v) is 67.5. The highest BCUT2D eigenvalue weighted by Gasteiger charge is 2.30. The molecule has 0 fully saturated rings. The Kier molecular flexibility index (Phi) is 69.9. The Balaban J connectivity index is 5.26. The molecular weight excluding hydrogens is 1310 g/mol. The van der Waals surface area contributed by atoms with E-state index in [0.717, 1.165) is 108 Å². The summed E-state index contributed by atoms with van der Waals surface area (Å²) in [4.78, 5) is 73.1. The molecule has 100 heavy (non-hydrogen) atoms. The zero-order valence-electron chi connectivity index (χ0n) is 65.7. The maximum absolute atomic E-state index is 13.1. The number of aliphatic hydroxyl groups is 1. The number of unbranched alkanes of at least 4 members (excludes halogenated alkanes) is 46. The number of phosphoric acid groups is 2. The zero-order chi connectivity index (χ0) is 73.7. The number of carbonyl (C=O) groups excluding carboxylic acids is 4. The molecule has 0 aromatic rings. The molecule has 0 amide bonds. The van der Waals surface area contributed by atoms with E-state index in [1.54, 1.807) is 0 Å². The number of carbonyl (C=O) groups is 4. The van der Waals surface area contributed by atoms with Crippen molar-refractivity contribution in [3.63, 3.8) is 0 Å². The summed E-state index contributed by atoms with van der Waals surface area (Å²) in [5.41, 5.74) is 0. The SMILES string of the molecule is CCCCCCCCCCCCCCCCCCCCCC(=O)O[C@H](COC(=O)CCCCCCCCCCCCCCCC(C)C)COP(=O)(O)OC[C@@H](O)COP(=O)(O)OC[C@@H](COC(=O)CCCCCCCCCCC(C)CC)OC(=O)CCCCCCCCCCCCC(C)C. The first-order valence-electron chi connectivity index (χ1n) is 41.9. The fourth-order valence-electron chi connectivity index (χ4n) is 12.5. The van der Waals surface area contributed by atoms with Crippen LogP contribution >= 0.6 is 15.6 Å². The van der Waals surface area contributed by atoms with Crippen molar-refractivity contribution < 1.29 is 80.2 Å². The fourth-order valence-corrected chi connectivity index (χ4v) is 14.0. The van der Waals surface area contributed by atoms with Crippen molar-refractivity contribution in [2.24, 2.45) is 17.8 Å². The van der Waals surface area contributed by atoms with Gasteiger partial charge in [-0.1, -0.05) is 370 Å². The van der Waals surface area contributed by atoms with Crippen LogP contribution in [-0.2, 0) is 65.4 Å². The lowest BCUT2D eigenvalue weighted by Gasteiger charge is -2.21. The van der Waals surface area contributed by atoms with Gasteiger partial charge in [0.1, 0.15) is 19.3 Å². The van der Waals surface area contributed by atoms with Crippen LogP contribution in [0.5, 0.6) is 0 Å². The third-order valence-electron chi connectivity index (χ3n) is 19.2. The molecule has 0 radical (unpaired) electrons. The summed E-state index contributed by atoms with van der Waals surface area (Å²) in [6.07, 6.45) is 59.6. The number of phosphoric ester groups is 2. The van der Waals surface area contributed by atoms with Crippen molar-refractivity contribution in [2.45, 2.75) is 439 Å². The third-order valence-corrected chi connectivity index (χ3v) is 21.1. The van der Waals surface area contributed by atoms with E-state index >= 15 is 0 Å². The second kappa shape index (κ2) is 71.3. The third kappa shape index (κ3) is 73.0. The summed E-state index contributed by atoms with van der Waals surface area (Å²) in [5.74, 6) is 0.209. The summed E-state index contributed by atoms with van der Waals surface area (Å²) < 4.78 is 68.7. The minimum Gasteiger partial charge on any atom is -0.462 e. The van der Waals surface area contributed by atoms with Gasteiger partial charge in [-0.2, -0.15) is 0 Å². The Hall–Kier alpha value is -1.94. The average molecular weight is 1470 g/mol. The number of hydrogen-bond acceptors (Lipinski definition) is 15. The normalized spacial score (nSPS) is 14.2. The maximum atomic E-state index is 13.1. The average Bonchev–Trinajstić information content (AvgIpc) is 1.27. The van der Waals surface area contributed by atoms with Crippen molar-refractivity contribution in [1.29, 1.82) is 0 Å². The highest BCUT2D eigenvalue weighted by atomic mass is 31.2. The van der Waals surface area contributed by atoms with Crippen LogP contribution in [0.15, 0.2) is 0 Å². The molecular formula is C81H158O17P2. The summed E-state index contributed by atoms with van der Waals surface area (Å²) in [5, 5.41) is 10.6. The van der Waals surface area contributed by atoms with Crippen LogP contribution in [0.1, 0.15) is 421 Å². The van der Waals surface area contributed by atoms with Crippen LogP contribution in [0, 0.1) is 17.8 Å². The second-order valence-electron chi connectivity index (χ2n) is 30.4. The van der Waals surface area contributed by atoms with Gasteiger partial charge in [-0.05, 0) is 43.4 Å². The Morgan fingerprint density at radius 2 is 0.510 bits per heavy atom. The molecule has 0 rings (SSSR count). The van der Waals surface area contributed by atoms with Crippen molar-refractivity contribution >= 4 is 39.5 Å². The lowest BCUT2D eigenvalue weighted by atomic mass is 9.99. The van der Waals surface area contributed by atoms with Gasteiger partial charge >= 0.3 is 39.5 Å². The molecule has 6 atom stereocenters. The predicted octanol–water partition coefficient (Wildman–Crippen LogP) is 24.1. The minimum atomic E-state index is -4.96. The summed E-state index contributed by atoms with van der Waals surface area (Å²) in [7, 11) is -9.92. The lowest BCUT2D eigenvalue weighted by Crippen LogP contribution is -2.30. The molecule has 0 aliphatic carbocycles. The number of esters is 4. The van der Waals surface area contributed by atoms with Crippen LogP contribution in [0.3, 0.4) is 0 Å². The quantitative estimate of drug-likeness (QED) is 0.0222. The first-order valence-corrected chi connectivity index (χ1v) is 44.9. The lowest BCUT2D eigenvalue weighted by molar-refractivity contribution is -0.161. The standard InChI is InChI=1S/C81H158O17P2/c1-8-10-11-12-13-14-15-16-17-18-19-20-21-24-28-34-43-50-57-64-80(85)97-76(68-91-78(83)62-55-48-41-33-27-25-22-23-26-31-38-45-52-59-72(3)4)70-95-99(87,88)93-66-75(82)67-94-100(89,90)96-71-77(69-92-79(84)63-56-49-42-37-36-40-47-54-61-74(7)9-2)98-81(86)65-58-51-44-35-30-29-32-39-46-53-60-73(5)6/h72-77,82H,8-71H2,1-7H3,(H,87,88)(H,89,90)/t74?,75-,76-,77-/m1/s1. The van der Waals surface area contributed by atoms with Crippen molar-refractivity contribution in [2.75, 3.05) is 39.6 Å². The first kappa shape index (κ1) is 98.1. The topological polar surface area (TPSA) is 237 Å². The van der Waals surface area contributed by atoms with Gasteiger partial charge in [0, 0.05) is 25.7 Å². The molecule has 594 valence electrons. The van der Waals surface area contributed by atoms with Crippen molar-refractivity contribution in [3.8, 4) is 0 Å². The van der Waals surface area contributed by atoms with Crippen molar-refractivity contribution in [3.05, 3.63) is 0 Å². The molecule has 0 aliphatic rings. The predicted molar refractivity (Wildman–Crippen MR) is 409 cm³/mol. The Bertz CT molecular complexity index is 1940. The summed E-state index contributed by atoms with van der Waals surface area (Å²) >= 11 is 0. The van der Waals surface area contributed by atoms with Gasteiger partial charge in [0.05, 0.1) is 26.4 Å². The summed E-state index contributed by atoms with van der Waals surface area (Å²) in [6.45, 7) is 12.0. The second-order valence-corrected chi connectivity index (χ2v) is 33.3. The van der Waals surface area contributed by atoms with Gasteiger partial charge < -0.3 is 33.8 Å². The largest absolute Gasteiger partial charge is 0.472 e. The molecule has 0 heterocycles. The summed E-state index contributed by atoms with van der Waals surface area (Å²) in [6, 6.07) is 0. The molecule has 0 saturated heterocycles. The van der Waals surface area contributed by atoms with E-state index in [0.29, 0.717) is 25.7 Å². The number of hydrogen-bond donors (Lipinski definition) is 3. The Morgan fingerprint density at radius 1 is 0.290 bits per heavy atom. The Morgan fingerprint density at radius 3 is 0.760 bits per heavy atom. The van der Waals surface area contributed by atoms with Gasteiger partial charge in [0.25, 0.3) is 0 Å². The van der Waals surface area contributed by atoms with Gasteiger partial charge in [0.2, 0.25) is 0 Å². The van der Waals surface area contributed by atoms with E-state index in [2.05, 4.69) is 48.5 Å². The van der Waals surface area contributed by atoms with Crippen LogP contribution in [0.2, 0.25) is 0 Å². The van der Waals surface area contributed by atoms with Gasteiger partial charge in [-0.3, -0.25) is 37.3 Å². The first-order chi connectivity index (χ1) is 48.3. The van der Waals surface area contributed by atoms with Crippen molar-refractivity contribution in [1.82, 2.24) is 0 Å². The molecule has 0 aliphatic heterocycles. The van der Waals surface area contributed by atoms with Gasteiger partial charge in [0.15, 0.2) is 12.2 Å². The molecule has 0 bridgehead atoms. The fraction of sp³-hybridized carbons (Fsp3) is 0.951. The molecule has 3 N–H and O–H groups in total. The van der Waals surface area contributed by atoms with E-state index in [1.165, 1.54) is 231 Å². The van der Waals surface area contributed by atoms with Crippen LogP contribution in [0.4, 0.5) is 0 Å². The maximum Gasteiger partial charge on any atom is 0.472 e. The number of aliphatic hydroxyl groups excluding tert-OH is 1. The van der Waals surface area contributed by atoms with E-state index in [1.807, 2.05) is 0 Å². The highest BCUT2D eigenvalue weighted by molar-refractivity contribution is 7.47. The van der Waals surface area contributed by atoms with Gasteiger partial charge in [-0.25, -0.2) is 9.13 Å². The molecule has 0 spiro atoms. The molecule has 0 aromatic carbocycles. The van der Waals surface area contributed by atoms with Crippen LogP contribution < -0.4 is 0 Å². The van der Waals surface area contributed by atoms with E-state index in [9.17, 15) is 43.2 Å². The van der Waals surface area contributed by atoms with E-state index in [-0.39, 0.29) is 25.7 Å². The van der Waals surface area contributed by atoms with E-state index < -0.39 is 97.5 Å². The van der Waals surface area contributed by atoms with Crippen LogP contribution in [0.25, 0.3) is 0 Å². The number of rotatable bonds is 79. The molecule has 19 heteroatoms.